The molecule has 0 radical (unpaired) electrons. The van der Waals surface area contributed by atoms with Crippen LogP contribution >= 0.6 is 0 Å². The van der Waals surface area contributed by atoms with Gasteiger partial charge in [0.1, 0.15) is 5.75 Å². The average Bonchev–Trinajstić information content (AvgIpc) is 2.61. The number of likely N-dealkylation sites (N-methyl/N-ethyl adjacent to an activating group) is 1. The molecule has 140 valence electrons. The lowest BCUT2D eigenvalue weighted by Gasteiger charge is -2.18. The number of rotatable bonds is 7. The standard InChI is InChI=1S/C19H24N2O4S/c1-5-15-8-6-7-9-17(15)20-19(22)13-21(3)26(23,24)16-10-11-18(25-4)14(2)12-16/h6-12H,5,13H2,1-4H3,(H,20,22). The SMILES string of the molecule is CCc1ccccc1NC(=O)CN(C)S(=O)(=O)c1ccc(OC)c(C)c1. The van der Waals surface area contributed by atoms with Crippen molar-refractivity contribution in [2.45, 2.75) is 25.2 Å². The third-order valence-corrected chi connectivity index (χ3v) is 5.91. The number of nitrogens with zero attached hydrogens (tertiary/aromatic N) is 1. The topological polar surface area (TPSA) is 75.7 Å². The van der Waals surface area contributed by atoms with Gasteiger partial charge in [0.2, 0.25) is 15.9 Å². The fourth-order valence-electron chi connectivity index (χ4n) is 2.62. The van der Waals surface area contributed by atoms with Gasteiger partial charge in [-0.15, -0.1) is 0 Å². The van der Waals surface area contributed by atoms with Crippen LogP contribution in [0.4, 0.5) is 5.69 Å². The molecule has 0 heterocycles. The minimum atomic E-state index is -3.77. The first-order valence-electron chi connectivity index (χ1n) is 8.28. The van der Waals surface area contributed by atoms with E-state index in [2.05, 4.69) is 5.32 Å². The summed E-state index contributed by atoms with van der Waals surface area (Å²) in [5.74, 6) is 0.225. The molecule has 0 fully saturated rings. The zero-order valence-corrected chi connectivity index (χ0v) is 16.3. The molecule has 0 aliphatic rings. The number of ether oxygens (including phenoxy) is 1. The number of para-hydroxylation sites is 1. The molecule has 0 saturated carbocycles. The van der Waals surface area contributed by atoms with Gasteiger partial charge in [-0.3, -0.25) is 4.79 Å². The van der Waals surface area contributed by atoms with Crippen molar-refractivity contribution < 1.29 is 17.9 Å². The molecule has 2 aromatic carbocycles. The number of methoxy groups -OCH3 is 1. The van der Waals surface area contributed by atoms with Gasteiger partial charge < -0.3 is 10.1 Å². The Morgan fingerprint density at radius 2 is 1.88 bits per heavy atom. The third-order valence-electron chi connectivity index (χ3n) is 4.11. The van der Waals surface area contributed by atoms with Crippen molar-refractivity contribution in [3.05, 3.63) is 53.6 Å². The largest absolute Gasteiger partial charge is 0.496 e. The van der Waals surface area contributed by atoms with Crippen molar-refractivity contribution >= 4 is 21.6 Å². The highest BCUT2D eigenvalue weighted by atomic mass is 32.2. The number of sulfonamides is 1. The smallest absolute Gasteiger partial charge is 0.243 e. The fourth-order valence-corrected chi connectivity index (χ4v) is 3.83. The Balaban J connectivity index is 2.13. The van der Waals surface area contributed by atoms with Crippen LogP contribution < -0.4 is 10.1 Å². The highest BCUT2D eigenvalue weighted by Gasteiger charge is 2.24. The number of anilines is 1. The molecule has 0 unspecified atom stereocenters. The van der Waals surface area contributed by atoms with Gasteiger partial charge in [-0.05, 0) is 48.7 Å². The Kier molecular flexibility index (Phi) is 6.39. The van der Waals surface area contributed by atoms with Gasteiger partial charge in [-0.25, -0.2) is 8.42 Å². The number of benzene rings is 2. The summed E-state index contributed by atoms with van der Waals surface area (Å²) in [4.78, 5) is 12.4. The Hall–Kier alpha value is -2.38. The Labute approximate surface area is 154 Å². The van der Waals surface area contributed by atoms with E-state index in [-0.39, 0.29) is 17.3 Å². The summed E-state index contributed by atoms with van der Waals surface area (Å²) in [6.45, 7) is 3.49. The molecular weight excluding hydrogens is 352 g/mol. The summed E-state index contributed by atoms with van der Waals surface area (Å²) in [6.07, 6.45) is 0.774. The van der Waals surface area contributed by atoms with Crippen LogP contribution in [0.15, 0.2) is 47.4 Å². The second kappa shape index (κ2) is 8.33. The summed E-state index contributed by atoms with van der Waals surface area (Å²) >= 11 is 0. The first-order chi connectivity index (χ1) is 12.3. The molecule has 0 aliphatic heterocycles. The molecule has 0 saturated heterocycles. The molecule has 0 spiro atoms. The predicted octanol–water partition coefficient (Wildman–Crippen LogP) is 2.83. The second-order valence-corrected chi connectivity index (χ2v) is 8.00. The van der Waals surface area contributed by atoms with Crippen LogP contribution in [0.5, 0.6) is 5.75 Å². The maximum atomic E-state index is 12.7. The number of amides is 1. The van der Waals surface area contributed by atoms with Crippen LogP contribution in [0, 0.1) is 6.92 Å². The Bertz CT molecular complexity index is 894. The van der Waals surface area contributed by atoms with Crippen molar-refractivity contribution in [2.75, 3.05) is 26.0 Å². The molecule has 6 nitrogen and oxygen atoms in total. The molecule has 0 bridgehead atoms. The van der Waals surface area contributed by atoms with E-state index in [1.54, 1.807) is 19.1 Å². The van der Waals surface area contributed by atoms with Crippen LogP contribution in [-0.2, 0) is 21.2 Å². The number of aryl methyl sites for hydroxylation is 2. The molecule has 2 aromatic rings. The highest BCUT2D eigenvalue weighted by molar-refractivity contribution is 7.89. The molecule has 2 rings (SSSR count). The van der Waals surface area contributed by atoms with Gasteiger partial charge in [0.05, 0.1) is 18.6 Å². The van der Waals surface area contributed by atoms with E-state index in [1.165, 1.54) is 26.3 Å². The normalized spacial score (nSPS) is 11.4. The molecule has 0 atom stereocenters. The van der Waals surface area contributed by atoms with E-state index in [4.69, 9.17) is 4.74 Å². The van der Waals surface area contributed by atoms with E-state index in [1.807, 2.05) is 25.1 Å². The van der Waals surface area contributed by atoms with Crippen molar-refractivity contribution in [1.82, 2.24) is 4.31 Å². The monoisotopic (exact) mass is 376 g/mol. The summed E-state index contributed by atoms with van der Waals surface area (Å²) in [6, 6.07) is 12.1. The summed E-state index contributed by atoms with van der Waals surface area (Å²) in [7, 11) is -0.855. The van der Waals surface area contributed by atoms with E-state index in [0.29, 0.717) is 17.0 Å². The van der Waals surface area contributed by atoms with Crippen LogP contribution in [-0.4, -0.2) is 39.3 Å². The maximum absolute atomic E-state index is 12.7. The van der Waals surface area contributed by atoms with Gasteiger partial charge in [0.15, 0.2) is 0 Å². The van der Waals surface area contributed by atoms with Crippen LogP contribution in [0.1, 0.15) is 18.1 Å². The summed E-state index contributed by atoms with van der Waals surface area (Å²) in [5, 5.41) is 2.78. The average molecular weight is 376 g/mol. The summed E-state index contributed by atoms with van der Waals surface area (Å²) in [5.41, 5.74) is 2.41. The lowest BCUT2D eigenvalue weighted by molar-refractivity contribution is -0.116. The van der Waals surface area contributed by atoms with Crippen LogP contribution in [0.2, 0.25) is 0 Å². The van der Waals surface area contributed by atoms with Crippen molar-refractivity contribution in [2.24, 2.45) is 0 Å². The number of hydrogen-bond donors (Lipinski definition) is 1. The minimum absolute atomic E-state index is 0.125. The maximum Gasteiger partial charge on any atom is 0.243 e. The quantitative estimate of drug-likeness (QED) is 0.806. The number of carbonyl (C=O) groups is 1. The van der Waals surface area contributed by atoms with Crippen molar-refractivity contribution in [3.63, 3.8) is 0 Å². The lowest BCUT2D eigenvalue weighted by atomic mass is 10.1. The van der Waals surface area contributed by atoms with Crippen LogP contribution in [0.3, 0.4) is 0 Å². The molecule has 7 heteroatoms. The van der Waals surface area contributed by atoms with Crippen molar-refractivity contribution in [3.8, 4) is 5.75 Å². The van der Waals surface area contributed by atoms with E-state index >= 15 is 0 Å². The Morgan fingerprint density at radius 3 is 2.50 bits per heavy atom. The van der Waals surface area contributed by atoms with E-state index in [0.717, 1.165) is 16.3 Å². The summed E-state index contributed by atoms with van der Waals surface area (Å²) < 4.78 is 31.6. The second-order valence-electron chi connectivity index (χ2n) is 5.95. The molecule has 0 aliphatic carbocycles. The number of carbonyl (C=O) groups excluding carboxylic acids is 1. The lowest BCUT2D eigenvalue weighted by Crippen LogP contribution is -2.35. The molecule has 1 N–H and O–H groups in total. The van der Waals surface area contributed by atoms with E-state index < -0.39 is 10.0 Å². The molecule has 1 amide bonds. The first kappa shape index (κ1) is 19.9. The van der Waals surface area contributed by atoms with Gasteiger partial charge in [-0.1, -0.05) is 25.1 Å². The third kappa shape index (κ3) is 4.42. The van der Waals surface area contributed by atoms with Crippen LogP contribution in [0.25, 0.3) is 0 Å². The van der Waals surface area contributed by atoms with E-state index in [9.17, 15) is 13.2 Å². The zero-order chi connectivity index (χ0) is 19.3. The van der Waals surface area contributed by atoms with Gasteiger partial charge in [0.25, 0.3) is 0 Å². The van der Waals surface area contributed by atoms with Crippen molar-refractivity contribution in [1.29, 1.82) is 0 Å². The zero-order valence-electron chi connectivity index (χ0n) is 15.4. The Morgan fingerprint density at radius 1 is 1.19 bits per heavy atom. The van der Waals surface area contributed by atoms with Gasteiger partial charge >= 0.3 is 0 Å². The molecule has 26 heavy (non-hydrogen) atoms. The fraction of sp³-hybridized carbons (Fsp3) is 0.316. The molecule has 0 aromatic heterocycles. The predicted molar refractivity (Wildman–Crippen MR) is 102 cm³/mol. The number of nitrogens with one attached hydrogen (secondary N) is 1. The minimum Gasteiger partial charge on any atom is -0.496 e. The highest BCUT2D eigenvalue weighted by Crippen LogP contribution is 2.23. The van der Waals surface area contributed by atoms with Gasteiger partial charge in [0, 0.05) is 12.7 Å². The first-order valence-corrected chi connectivity index (χ1v) is 9.72. The molecular formula is C19H24N2O4S. The van der Waals surface area contributed by atoms with Gasteiger partial charge in [-0.2, -0.15) is 4.31 Å². The number of hydrogen-bond acceptors (Lipinski definition) is 4.